The summed E-state index contributed by atoms with van der Waals surface area (Å²) in [5, 5.41) is 12.2. The smallest absolute Gasteiger partial charge is 0.123 e. The highest BCUT2D eigenvalue weighted by Gasteiger charge is 2.06. The highest BCUT2D eigenvalue weighted by atomic mass is 32.2. The van der Waals surface area contributed by atoms with Gasteiger partial charge in [0.25, 0.3) is 0 Å². The molecule has 1 aromatic carbocycles. The molecular weight excluding hydrogens is 225 g/mol. The maximum atomic E-state index is 12.7. The van der Waals surface area contributed by atoms with Gasteiger partial charge in [0.15, 0.2) is 0 Å². The van der Waals surface area contributed by atoms with Crippen LogP contribution in [0.3, 0.4) is 0 Å². The fraction of sp³-hybridized carbons (Fsp3) is 0.500. The molecule has 0 bridgehead atoms. The molecule has 0 aliphatic rings. The maximum Gasteiger partial charge on any atom is 0.123 e. The minimum absolute atomic E-state index is 0.196. The lowest BCUT2D eigenvalue weighted by Crippen LogP contribution is -2.31. The molecule has 0 saturated carbocycles. The number of aliphatic hydroxyl groups is 1. The number of benzene rings is 1. The Morgan fingerprint density at radius 3 is 2.62 bits per heavy atom. The molecule has 0 aromatic heterocycles. The van der Waals surface area contributed by atoms with Crippen LogP contribution in [-0.2, 0) is 0 Å². The highest BCUT2D eigenvalue weighted by molar-refractivity contribution is 7.99. The minimum Gasteiger partial charge on any atom is -0.396 e. The Bertz CT molecular complexity index is 286. The standard InChI is InChI=1S/C12H18FNOS/c1-2-14-11(7-8-15)9-16-12-5-3-10(13)4-6-12/h3-6,11,14-15H,2,7-9H2,1H3. The van der Waals surface area contributed by atoms with E-state index in [4.69, 9.17) is 5.11 Å². The lowest BCUT2D eigenvalue weighted by Gasteiger charge is -2.16. The van der Waals surface area contributed by atoms with Crippen LogP contribution in [0.25, 0.3) is 0 Å². The van der Waals surface area contributed by atoms with Crippen LogP contribution in [0, 0.1) is 5.82 Å². The molecule has 0 radical (unpaired) electrons. The number of aliphatic hydroxyl groups excluding tert-OH is 1. The van der Waals surface area contributed by atoms with Gasteiger partial charge >= 0.3 is 0 Å². The molecule has 0 spiro atoms. The average molecular weight is 243 g/mol. The van der Waals surface area contributed by atoms with Crippen molar-refractivity contribution in [2.45, 2.75) is 24.3 Å². The Balaban J connectivity index is 2.38. The molecule has 0 aliphatic carbocycles. The molecule has 1 rings (SSSR count). The van der Waals surface area contributed by atoms with Crippen molar-refractivity contribution in [1.82, 2.24) is 5.32 Å². The van der Waals surface area contributed by atoms with Gasteiger partial charge in [-0.2, -0.15) is 0 Å². The predicted octanol–water partition coefficient (Wildman–Crippen LogP) is 2.28. The second-order valence-electron chi connectivity index (χ2n) is 3.53. The zero-order valence-electron chi connectivity index (χ0n) is 9.45. The molecule has 0 amide bonds. The fourth-order valence-electron chi connectivity index (χ4n) is 1.42. The molecule has 0 heterocycles. The first-order chi connectivity index (χ1) is 7.76. The van der Waals surface area contributed by atoms with E-state index < -0.39 is 0 Å². The lowest BCUT2D eigenvalue weighted by atomic mass is 10.2. The van der Waals surface area contributed by atoms with E-state index in [1.807, 2.05) is 6.92 Å². The van der Waals surface area contributed by atoms with Gasteiger partial charge in [0.2, 0.25) is 0 Å². The van der Waals surface area contributed by atoms with Crippen LogP contribution in [0.15, 0.2) is 29.2 Å². The van der Waals surface area contributed by atoms with E-state index >= 15 is 0 Å². The predicted molar refractivity (Wildman–Crippen MR) is 66.3 cm³/mol. The van der Waals surface area contributed by atoms with Gasteiger partial charge in [-0.25, -0.2) is 4.39 Å². The molecule has 0 fully saturated rings. The Morgan fingerprint density at radius 1 is 1.38 bits per heavy atom. The normalized spacial score (nSPS) is 12.7. The van der Waals surface area contributed by atoms with Gasteiger partial charge in [0.05, 0.1) is 0 Å². The SMILES string of the molecule is CCNC(CCO)CSc1ccc(F)cc1. The molecule has 90 valence electrons. The van der Waals surface area contributed by atoms with Crippen LogP contribution >= 0.6 is 11.8 Å². The molecule has 2 N–H and O–H groups in total. The van der Waals surface area contributed by atoms with Crippen LogP contribution in [0.2, 0.25) is 0 Å². The van der Waals surface area contributed by atoms with E-state index in [9.17, 15) is 4.39 Å². The van der Waals surface area contributed by atoms with Gasteiger partial charge in [-0.1, -0.05) is 6.92 Å². The van der Waals surface area contributed by atoms with E-state index in [-0.39, 0.29) is 12.4 Å². The second kappa shape index (κ2) is 7.65. The molecule has 0 aliphatic heterocycles. The Hall–Kier alpha value is -0.580. The second-order valence-corrected chi connectivity index (χ2v) is 4.63. The summed E-state index contributed by atoms with van der Waals surface area (Å²) in [7, 11) is 0. The summed E-state index contributed by atoms with van der Waals surface area (Å²) in [6.45, 7) is 3.14. The first-order valence-electron chi connectivity index (χ1n) is 5.49. The van der Waals surface area contributed by atoms with Gasteiger partial charge in [0.1, 0.15) is 5.82 Å². The summed E-state index contributed by atoms with van der Waals surface area (Å²) in [5.41, 5.74) is 0. The maximum absolute atomic E-state index is 12.7. The fourth-order valence-corrected chi connectivity index (χ4v) is 2.42. The molecule has 2 nitrogen and oxygen atoms in total. The van der Waals surface area contributed by atoms with E-state index in [0.29, 0.717) is 6.04 Å². The zero-order valence-corrected chi connectivity index (χ0v) is 10.3. The summed E-state index contributed by atoms with van der Waals surface area (Å²) in [6.07, 6.45) is 0.752. The van der Waals surface area contributed by atoms with Gasteiger partial charge in [-0.15, -0.1) is 11.8 Å². The highest BCUT2D eigenvalue weighted by Crippen LogP contribution is 2.19. The van der Waals surface area contributed by atoms with Crippen molar-refractivity contribution in [3.8, 4) is 0 Å². The molecule has 16 heavy (non-hydrogen) atoms. The summed E-state index contributed by atoms with van der Waals surface area (Å²) in [6, 6.07) is 6.81. The van der Waals surface area contributed by atoms with Gasteiger partial charge in [-0.05, 0) is 37.2 Å². The van der Waals surface area contributed by atoms with Crippen molar-refractivity contribution in [2.24, 2.45) is 0 Å². The summed E-state index contributed by atoms with van der Waals surface area (Å²) < 4.78 is 12.7. The molecular formula is C12H18FNOS. The molecule has 1 unspecified atom stereocenters. The number of hydrogen-bond acceptors (Lipinski definition) is 3. The van der Waals surface area contributed by atoms with Gasteiger partial charge in [0, 0.05) is 23.3 Å². The van der Waals surface area contributed by atoms with Crippen molar-refractivity contribution in [3.63, 3.8) is 0 Å². The van der Waals surface area contributed by atoms with E-state index in [0.717, 1.165) is 23.6 Å². The molecule has 1 aromatic rings. The van der Waals surface area contributed by atoms with E-state index in [1.165, 1.54) is 12.1 Å². The zero-order chi connectivity index (χ0) is 11.8. The number of halogens is 1. The van der Waals surface area contributed by atoms with Crippen molar-refractivity contribution < 1.29 is 9.50 Å². The van der Waals surface area contributed by atoms with Crippen LogP contribution < -0.4 is 5.32 Å². The van der Waals surface area contributed by atoms with Crippen molar-refractivity contribution in [3.05, 3.63) is 30.1 Å². The topological polar surface area (TPSA) is 32.3 Å². The third-order valence-electron chi connectivity index (χ3n) is 2.24. The van der Waals surface area contributed by atoms with Crippen molar-refractivity contribution in [1.29, 1.82) is 0 Å². The molecule has 1 atom stereocenters. The van der Waals surface area contributed by atoms with E-state index in [1.54, 1.807) is 23.9 Å². The first kappa shape index (κ1) is 13.5. The molecule has 0 saturated heterocycles. The number of nitrogens with one attached hydrogen (secondary N) is 1. The summed E-state index contributed by atoms with van der Waals surface area (Å²) in [4.78, 5) is 1.06. The van der Waals surface area contributed by atoms with Gasteiger partial charge in [-0.3, -0.25) is 0 Å². The number of thioether (sulfide) groups is 1. The third kappa shape index (κ3) is 4.96. The van der Waals surface area contributed by atoms with E-state index in [2.05, 4.69) is 5.32 Å². The Labute approximate surface area is 100 Å². The lowest BCUT2D eigenvalue weighted by molar-refractivity contribution is 0.271. The summed E-state index contributed by atoms with van der Waals surface area (Å²) in [5.74, 6) is 0.683. The monoisotopic (exact) mass is 243 g/mol. The number of hydrogen-bond donors (Lipinski definition) is 2. The van der Waals surface area contributed by atoms with Crippen LogP contribution in [0.5, 0.6) is 0 Å². The van der Waals surface area contributed by atoms with Crippen molar-refractivity contribution in [2.75, 3.05) is 18.9 Å². The average Bonchev–Trinajstić information content (AvgIpc) is 2.29. The Kier molecular flexibility index (Phi) is 6.45. The first-order valence-corrected chi connectivity index (χ1v) is 6.47. The third-order valence-corrected chi connectivity index (χ3v) is 3.41. The van der Waals surface area contributed by atoms with Crippen LogP contribution in [-0.4, -0.2) is 30.1 Å². The largest absolute Gasteiger partial charge is 0.396 e. The van der Waals surface area contributed by atoms with Crippen LogP contribution in [0.4, 0.5) is 4.39 Å². The van der Waals surface area contributed by atoms with Crippen LogP contribution in [0.1, 0.15) is 13.3 Å². The van der Waals surface area contributed by atoms with Gasteiger partial charge < -0.3 is 10.4 Å². The summed E-state index contributed by atoms with van der Waals surface area (Å²) >= 11 is 1.68. The quantitative estimate of drug-likeness (QED) is 0.721. The number of rotatable bonds is 7. The van der Waals surface area contributed by atoms with Crippen molar-refractivity contribution >= 4 is 11.8 Å². The molecule has 4 heteroatoms. The minimum atomic E-state index is -0.206. The Morgan fingerprint density at radius 2 is 2.06 bits per heavy atom.